The van der Waals surface area contributed by atoms with Crippen LogP contribution in [0.25, 0.3) is 11.1 Å². The van der Waals surface area contributed by atoms with Gasteiger partial charge in [0.1, 0.15) is 0 Å². The van der Waals surface area contributed by atoms with Crippen LogP contribution in [0.2, 0.25) is 10.0 Å². The molecule has 4 aromatic carbocycles. The van der Waals surface area contributed by atoms with Crippen LogP contribution in [0, 0.1) is 0 Å². The first-order valence-electron chi connectivity index (χ1n) is 12.3. The van der Waals surface area contributed by atoms with Crippen LogP contribution in [0.4, 0.5) is 0 Å². The Labute approximate surface area is 244 Å². The molecule has 1 unspecified atom stereocenters. The van der Waals surface area contributed by atoms with Gasteiger partial charge in [0.05, 0.1) is 0 Å². The van der Waals surface area contributed by atoms with Crippen molar-refractivity contribution in [2.45, 2.75) is 16.0 Å². The number of amides is 1. The molecule has 0 spiro atoms. The molecular formula is C30H24Cl2NNaO3. The summed E-state index contributed by atoms with van der Waals surface area (Å²) in [4.78, 5) is 12.6. The predicted octanol–water partition coefficient (Wildman–Crippen LogP) is 7.42. The maximum atomic E-state index is 12.6. The third-order valence-electron chi connectivity index (χ3n) is 6.59. The zero-order chi connectivity index (χ0) is 25.8. The Balaban J connectivity index is 1.15. The molecule has 7 heteroatoms. The van der Waals surface area contributed by atoms with Crippen LogP contribution < -0.4 is 14.8 Å². The average Bonchev–Trinajstić information content (AvgIpc) is 2.91. The fraction of sp³-hybridized carbons (Fsp3) is 0.167. The minimum atomic E-state index is -0.127. The van der Waals surface area contributed by atoms with E-state index in [1.165, 1.54) is 5.56 Å². The van der Waals surface area contributed by atoms with Crippen LogP contribution in [0.3, 0.4) is 0 Å². The number of carbonyl (C=O) groups excluding carboxylic acids is 1. The fourth-order valence-electron chi connectivity index (χ4n) is 4.41. The summed E-state index contributed by atoms with van der Waals surface area (Å²) >= 11 is 13.8. The molecule has 0 bridgehead atoms. The van der Waals surface area contributed by atoms with Crippen molar-refractivity contribution in [3.8, 4) is 28.4 Å². The van der Waals surface area contributed by atoms with Gasteiger partial charge in [0.25, 0.3) is 0 Å². The van der Waals surface area contributed by atoms with E-state index in [0.717, 1.165) is 74.8 Å². The van der Waals surface area contributed by atoms with Crippen LogP contribution in [-0.2, 0) is 6.42 Å². The average molecular weight is 540 g/mol. The van der Waals surface area contributed by atoms with Gasteiger partial charge in [-0.2, -0.15) is 0 Å². The Morgan fingerprint density at radius 2 is 1.73 bits per heavy atom. The fourth-order valence-corrected chi connectivity index (χ4v) is 5.55. The van der Waals surface area contributed by atoms with Crippen LogP contribution in [0.1, 0.15) is 31.1 Å². The van der Waals surface area contributed by atoms with Crippen molar-refractivity contribution < 1.29 is 14.3 Å². The van der Waals surface area contributed by atoms with Crippen molar-refractivity contribution in [1.29, 1.82) is 0 Å². The molecule has 0 saturated carbocycles. The molecule has 1 heterocycles. The van der Waals surface area contributed by atoms with Crippen molar-refractivity contribution in [2.24, 2.45) is 0 Å². The molecule has 4 aromatic rings. The van der Waals surface area contributed by atoms with Crippen molar-refractivity contribution in [3.05, 3.63) is 112 Å². The molecule has 182 valence electrons. The molecule has 5 rings (SSSR count). The molecule has 1 aliphatic rings. The molecule has 1 atom stereocenters. The number of rotatable bonds is 7. The second-order valence-corrected chi connectivity index (χ2v) is 11.4. The van der Waals surface area contributed by atoms with Crippen LogP contribution in [-0.4, -0.2) is 47.0 Å². The van der Waals surface area contributed by atoms with E-state index in [0.29, 0.717) is 31.8 Å². The molecule has 0 radical (unpaired) electrons. The first-order chi connectivity index (χ1) is 18.0. The van der Waals surface area contributed by atoms with E-state index < -0.39 is 0 Å². The number of benzene rings is 4. The number of carbonyl (C=O) groups is 1. The van der Waals surface area contributed by atoms with E-state index in [-0.39, 0.29) is 5.91 Å². The molecule has 4 nitrogen and oxygen atoms in total. The molecule has 1 N–H and O–H groups in total. The molecule has 0 saturated heterocycles. The monoisotopic (exact) mass is 539 g/mol. The summed E-state index contributed by atoms with van der Waals surface area (Å²) in [7, 11) is 0. The topological polar surface area (TPSA) is 47.6 Å². The standard InChI is InChI=1S/C30H24Cl2NO3.Na/c31-26-6-2-1-5-25(26)21-9-7-20(8-10-21)15-16-33-30(34)22-11-13-24(14-12-22)36-29-19-28-23(18-27(29)32)4-3-17-35-28;/h1-2,4-14,18-19H,3,15-17H2,(H,33,34);. The zero-order valence-corrected chi connectivity index (χ0v) is 24.0. The van der Waals surface area contributed by atoms with Gasteiger partial charge in [-0.15, -0.1) is 0 Å². The Kier molecular flexibility index (Phi) is 8.43. The predicted molar refractivity (Wildman–Crippen MR) is 150 cm³/mol. The van der Waals surface area contributed by atoms with Crippen molar-refractivity contribution >= 4 is 57.0 Å². The first kappa shape index (κ1) is 26.1. The van der Waals surface area contributed by atoms with E-state index in [2.05, 4.69) is 29.6 Å². The quantitative estimate of drug-likeness (QED) is 0.248. The second-order valence-electron chi connectivity index (χ2n) is 9.17. The van der Waals surface area contributed by atoms with E-state index in [4.69, 9.17) is 32.7 Å². The SMILES string of the molecule is O=C(NCCc1ccc(-c2ccccc2Cl)cc1)c1ccc(Oc2cc3c(cc2Cl)[CH]([Na])CCO3)cc1. The van der Waals surface area contributed by atoms with E-state index in [9.17, 15) is 4.79 Å². The molecule has 0 aromatic heterocycles. The van der Waals surface area contributed by atoms with E-state index in [1.807, 2.05) is 36.4 Å². The number of hydrogen-bond acceptors (Lipinski definition) is 3. The summed E-state index contributed by atoms with van der Waals surface area (Å²) in [6.45, 7) is 1.26. The van der Waals surface area contributed by atoms with E-state index in [1.54, 1.807) is 24.3 Å². The van der Waals surface area contributed by atoms with Gasteiger partial charge in [0.15, 0.2) is 0 Å². The number of hydrogen-bond donors (Lipinski definition) is 1. The third-order valence-corrected chi connectivity index (χ3v) is 8.41. The van der Waals surface area contributed by atoms with Gasteiger partial charge >= 0.3 is 151 Å². The Hall–Kier alpha value is -2.47. The summed E-state index contributed by atoms with van der Waals surface area (Å²) in [5.74, 6) is 1.88. The van der Waals surface area contributed by atoms with Gasteiger partial charge in [-0.1, -0.05) is 54.1 Å². The number of fused-ring (bicyclic) bond motifs is 1. The Morgan fingerprint density at radius 3 is 2.49 bits per heavy atom. The first-order valence-corrected chi connectivity index (χ1v) is 14.2. The maximum absolute atomic E-state index is 12.6. The van der Waals surface area contributed by atoms with E-state index >= 15 is 0 Å². The molecule has 0 aliphatic carbocycles. The van der Waals surface area contributed by atoms with Crippen molar-refractivity contribution in [1.82, 2.24) is 5.32 Å². The van der Waals surface area contributed by atoms with Gasteiger partial charge in [-0.3, -0.25) is 0 Å². The van der Waals surface area contributed by atoms with Gasteiger partial charge in [-0.05, 0) is 23.6 Å². The van der Waals surface area contributed by atoms with Crippen molar-refractivity contribution in [2.75, 3.05) is 13.2 Å². The minimum absolute atomic E-state index is 0.127. The third kappa shape index (κ3) is 6.34. The summed E-state index contributed by atoms with van der Waals surface area (Å²) in [5.41, 5.74) is 4.96. The van der Waals surface area contributed by atoms with Gasteiger partial charge < -0.3 is 0 Å². The van der Waals surface area contributed by atoms with Gasteiger partial charge in [-0.25, -0.2) is 0 Å². The van der Waals surface area contributed by atoms with Crippen LogP contribution in [0.5, 0.6) is 17.2 Å². The summed E-state index contributed by atoms with van der Waals surface area (Å²) in [5, 5.41) is 4.28. The molecule has 37 heavy (non-hydrogen) atoms. The summed E-state index contributed by atoms with van der Waals surface area (Å²) < 4.78 is 12.3. The Morgan fingerprint density at radius 1 is 0.973 bits per heavy atom. The Bertz CT molecular complexity index is 1410. The summed E-state index contributed by atoms with van der Waals surface area (Å²) in [6.07, 6.45) is 1.77. The van der Waals surface area contributed by atoms with Gasteiger partial charge in [0, 0.05) is 17.1 Å². The summed E-state index contributed by atoms with van der Waals surface area (Å²) in [6, 6.07) is 26.9. The van der Waals surface area contributed by atoms with Crippen LogP contribution >= 0.6 is 23.2 Å². The normalized spacial score (nSPS) is 14.4. The van der Waals surface area contributed by atoms with Gasteiger partial charge in [0.2, 0.25) is 0 Å². The van der Waals surface area contributed by atoms with Crippen LogP contribution in [0.15, 0.2) is 84.9 Å². The second kappa shape index (κ2) is 11.9. The molecule has 1 amide bonds. The van der Waals surface area contributed by atoms with Crippen molar-refractivity contribution in [3.63, 3.8) is 0 Å². The molecular weight excluding hydrogens is 516 g/mol. The number of halogens is 2. The number of ether oxygens (including phenoxy) is 2. The molecule has 1 aliphatic heterocycles. The number of nitrogens with one attached hydrogen (secondary N) is 1. The zero-order valence-electron chi connectivity index (χ0n) is 20.5. The molecule has 0 fully saturated rings.